The molecule has 7 nitrogen and oxygen atoms in total. The molecule has 168 valence electrons. The van der Waals surface area contributed by atoms with Crippen LogP contribution in [-0.2, 0) is 6.54 Å². The van der Waals surface area contributed by atoms with Crippen molar-refractivity contribution < 1.29 is 14.3 Å². The zero-order valence-corrected chi connectivity index (χ0v) is 19.0. The Morgan fingerprint density at radius 1 is 0.935 bits per heavy atom. The molecule has 2 rings (SSSR count). The molecule has 2 aromatic carbocycles. The van der Waals surface area contributed by atoms with Crippen molar-refractivity contribution >= 4 is 11.9 Å². The van der Waals surface area contributed by atoms with E-state index in [0.29, 0.717) is 38.3 Å². The van der Waals surface area contributed by atoms with Gasteiger partial charge in [-0.15, -0.1) is 0 Å². The summed E-state index contributed by atoms with van der Waals surface area (Å²) >= 11 is 0. The molecule has 0 saturated carbocycles. The largest absolute Gasteiger partial charge is 0.497 e. The topological polar surface area (TPSA) is 75.2 Å². The number of methoxy groups -OCH3 is 1. The zero-order chi connectivity index (χ0) is 22.5. The van der Waals surface area contributed by atoms with Crippen LogP contribution in [0.4, 0.5) is 0 Å². The first-order valence-corrected chi connectivity index (χ1v) is 10.8. The van der Waals surface area contributed by atoms with Gasteiger partial charge in [0.1, 0.15) is 18.1 Å². The van der Waals surface area contributed by atoms with Crippen molar-refractivity contribution in [2.45, 2.75) is 27.3 Å². The Kier molecular flexibility index (Phi) is 10.2. The highest BCUT2D eigenvalue weighted by Gasteiger charge is 2.11. The second-order valence-electron chi connectivity index (χ2n) is 6.82. The normalized spacial score (nSPS) is 11.0. The maximum Gasteiger partial charge on any atom is 0.253 e. The number of nitrogens with zero attached hydrogens (tertiary/aromatic N) is 2. The summed E-state index contributed by atoms with van der Waals surface area (Å²) in [6, 6.07) is 15.2. The molecule has 7 heteroatoms. The number of hydrogen-bond donors (Lipinski definition) is 2. The summed E-state index contributed by atoms with van der Waals surface area (Å²) < 4.78 is 10.9. The van der Waals surface area contributed by atoms with Crippen molar-refractivity contribution in [3.05, 3.63) is 59.7 Å². The van der Waals surface area contributed by atoms with Gasteiger partial charge in [-0.1, -0.05) is 12.1 Å². The predicted octanol–water partition coefficient (Wildman–Crippen LogP) is 3.31. The monoisotopic (exact) mass is 426 g/mol. The lowest BCUT2D eigenvalue weighted by atomic mass is 10.1. The molecule has 0 heterocycles. The van der Waals surface area contributed by atoms with E-state index in [0.717, 1.165) is 29.6 Å². The molecule has 31 heavy (non-hydrogen) atoms. The van der Waals surface area contributed by atoms with Crippen molar-refractivity contribution in [3.8, 4) is 11.5 Å². The fourth-order valence-electron chi connectivity index (χ4n) is 2.97. The van der Waals surface area contributed by atoms with Gasteiger partial charge in [0.15, 0.2) is 5.96 Å². The summed E-state index contributed by atoms with van der Waals surface area (Å²) in [5.41, 5.74) is 1.75. The van der Waals surface area contributed by atoms with Crippen LogP contribution in [0.5, 0.6) is 11.5 Å². The predicted molar refractivity (Wildman–Crippen MR) is 125 cm³/mol. The van der Waals surface area contributed by atoms with Gasteiger partial charge in [-0.2, -0.15) is 0 Å². The van der Waals surface area contributed by atoms with Gasteiger partial charge in [0.05, 0.1) is 20.2 Å². The van der Waals surface area contributed by atoms with Gasteiger partial charge in [-0.25, -0.2) is 4.99 Å². The average Bonchev–Trinajstić information content (AvgIpc) is 2.81. The number of benzene rings is 2. The van der Waals surface area contributed by atoms with E-state index in [-0.39, 0.29) is 5.91 Å². The van der Waals surface area contributed by atoms with Crippen molar-refractivity contribution in [3.63, 3.8) is 0 Å². The highest BCUT2D eigenvalue weighted by Crippen LogP contribution is 2.16. The third-order valence-electron chi connectivity index (χ3n) is 4.74. The molecule has 0 aromatic heterocycles. The maximum atomic E-state index is 12.4. The second-order valence-corrected chi connectivity index (χ2v) is 6.82. The first kappa shape index (κ1) is 24.1. The van der Waals surface area contributed by atoms with Gasteiger partial charge in [0, 0.05) is 25.2 Å². The lowest BCUT2D eigenvalue weighted by Gasteiger charge is -2.18. The number of aliphatic imine (C=N–C) groups is 1. The number of nitrogens with one attached hydrogen (secondary N) is 2. The van der Waals surface area contributed by atoms with Crippen LogP contribution in [0.2, 0.25) is 0 Å². The molecular formula is C24H34N4O3. The number of carbonyl (C=O) groups is 1. The molecular weight excluding hydrogens is 392 g/mol. The van der Waals surface area contributed by atoms with E-state index in [1.165, 1.54) is 0 Å². The molecule has 0 aliphatic heterocycles. The minimum absolute atomic E-state index is 0.0620. The quantitative estimate of drug-likeness (QED) is 0.328. The van der Waals surface area contributed by atoms with Crippen LogP contribution in [0.15, 0.2) is 53.5 Å². The maximum absolute atomic E-state index is 12.4. The number of amides is 1. The van der Waals surface area contributed by atoms with E-state index >= 15 is 0 Å². The van der Waals surface area contributed by atoms with Gasteiger partial charge in [0.2, 0.25) is 0 Å². The Balaban J connectivity index is 1.84. The van der Waals surface area contributed by atoms with Gasteiger partial charge >= 0.3 is 0 Å². The Bertz CT molecular complexity index is 816. The SMILES string of the molecule is CCNC(=NCc1ccc(C(=O)N(CC)CC)cc1)NCCOc1ccc(OC)cc1. The molecule has 0 aliphatic rings. The Hall–Kier alpha value is -3.22. The Morgan fingerprint density at radius 2 is 1.58 bits per heavy atom. The highest BCUT2D eigenvalue weighted by molar-refractivity contribution is 5.94. The molecule has 0 fully saturated rings. The molecule has 2 N–H and O–H groups in total. The highest BCUT2D eigenvalue weighted by atomic mass is 16.5. The Morgan fingerprint density at radius 3 is 2.16 bits per heavy atom. The molecule has 2 aromatic rings. The minimum atomic E-state index is 0.0620. The molecule has 1 amide bonds. The molecule has 0 saturated heterocycles. The van der Waals surface area contributed by atoms with E-state index in [4.69, 9.17) is 9.47 Å². The summed E-state index contributed by atoms with van der Waals surface area (Å²) in [5.74, 6) is 2.39. The van der Waals surface area contributed by atoms with E-state index in [2.05, 4.69) is 15.6 Å². The van der Waals surface area contributed by atoms with Crippen molar-refractivity contribution in [1.82, 2.24) is 15.5 Å². The summed E-state index contributed by atoms with van der Waals surface area (Å²) in [7, 11) is 1.64. The smallest absolute Gasteiger partial charge is 0.253 e. The van der Waals surface area contributed by atoms with Crippen molar-refractivity contribution in [2.24, 2.45) is 4.99 Å². The van der Waals surface area contributed by atoms with Gasteiger partial charge in [-0.05, 0) is 62.7 Å². The summed E-state index contributed by atoms with van der Waals surface area (Å²) in [4.78, 5) is 18.8. The van der Waals surface area contributed by atoms with E-state index in [1.54, 1.807) is 7.11 Å². The lowest BCUT2D eigenvalue weighted by molar-refractivity contribution is 0.0773. The molecule has 0 bridgehead atoms. The standard InChI is InChI=1S/C24H34N4O3/c1-5-25-24(26-16-17-31-22-14-12-21(30-4)13-15-22)27-18-19-8-10-20(11-9-19)23(29)28(6-2)7-3/h8-15H,5-7,16-18H2,1-4H3,(H2,25,26,27). The number of carbonyl (C=O) groups excluding carboxylic acids is 1. The lowest BCUT2D eigenvalue weighted by Crippen LogP contribution is -2.39. The van der Waals surface area contributed by atoms with Gasteiger partial charge in [-0.3, -0.25) is 4.79 Å². The summed E-state index contributed by atoms with van der Waals surface area (Å²) in [5, 5.41) is 6.50. The van der Waals surface area contributed by atoms with Gasteiger partial charge in [0.25, 0.3) is 5.91 Å². The van der Waals surface area contributed by atoms with Crippen LogP contribution in [0.3, 0.4) is 0 Å². The fourth-order valence-corrected chi connectivity index (χ4v) is 2.97. The number of hydrogen-bond acceptors (Lipinski definition) is 4. The van der Waals surface area contributed by atoms with Crippen LogP contribution < -0.4 is 20.1 Å². The van der Waals surface area contributed by atoms with Gasteiger partial charge < -0.3 is 25.0 Å². The van der Waals surface area contributed by atoms with Crippen LogP contribution >= 0.6 is 0 Å². The van der Waals surface area contributed by atoms with E-state index in [9.17, 15) is 4.79 Å². The zero-order valence-electron chi connectivity index (χ0n) is 19.0. The Labute approximate surface area is 185 Å². The van der Waals surface area contributed by atoms with Crippen LogP contribution in [0.1, 0.15) is 36.7 Å². The fraction of sp³-hybridized carbons (Fsp3) is 0.417. The minimum Gasteiger partial charge on any atom is -0.497 e. The molecule has 0 spiro atoms. The summed E-state index contributed by atoms with van der Waals surface area (Å²) in [6.45, 7) is 9.84. The third kappa shape index (κ3) is 7.85. The van der Waals surface area contributed by atoms with Crippen molar-refractivity contribution in [1.29, 1.82) is 0 Å². The molecule has 0 atom stereocenters. The molecule has 0 aliphatic carbocycles. The van der Waals surface area contributed by atoms with Crippen LogP contribution in [0.25, 0.3) is 0 Å². The number of rotatable bonds is 11. The second kappa shape index (κ2) is 13.2. The number of ether oxygens (including phenoxy) is 2. The molecule has 0 radical (unpaired) electrons. The first-order chi connectivity index (χ1) is 15.1. The molecule has 0 unspecified atom stereocenters. The third-order valence-corrected chi connectivity index (χ3v) is 4.74. The van der Waals surface area contributed by atoms with E-state index in [1.807, 2.05) is 74.2 Å². The summed E-state index contributed by atoms with van der Waals surface area (Å²) in [6.07, 6.45) is 0. The average molecular weight is 427 g/mol. The number of guanidine groups is 1. The van der Waals surface area contributed by atoms with Crippen molar-refractivity contribution in [2.75, 3.05) is 39.9 Å². The first-order valence-electron chi connectivity index (χ1n) is 10.8. The van der Waals surface area contributed by atoms with Crippen LogP contribution in [-0.4, -0.2) is 56.7 Å². The van der Waals surface area contributed by atoms with E-state index < -0.39 is 0 Å². The van der Waals surface area contributed by atoms with Crippen LogP contribution in [0, 0.1) is 0 Å².